The van der Waals surface area contributed by atoms with Crippen LogP contribution in [0.4, 0.5) is 11.8 Å². The molecule has 4 N–H and O–H groups in total. The average Bonchev–Trinajstić information content (AvgIpc) is 2.30. The number of hydrogen-bond acceptors (Lipinski definition) is 5. The van der Waals surface area contributed by atoms with Gasteiger partial charge >= 0.3 is 0 Å². The molecule has 0 bridgehead atoms. The fourth-order valence-corrected chi connectivity index (χ4v) is 1.91. The Morgan fingerprint density at radius 1 is 1.00 bits per heavy atom. The fourth-order valence-electron chi connectivity index (χ4n) is 1.91. The SMILES string of the molecule is COc1cc(C)c(-c2cc(N)nc(N)n2)cc1C. The van der Waals surface area contributed by atoms with Crippen molar-refractivity contribution in [3.05, 3.63) is 29.3 Å². The number of benzene rings is 1. The summed E-state index contributed by atoms with van der Waals surface area (Å²) < 4.78 is 5.28. The first-order chi connectivity index (χ1) is 8.51. The van der Waals surface area contributed by atoms with Gasteiger partial charge in [-0.05, 0) is 37.1 Å². The van der Waals surface area contributed by atoms with Crippen molar-refractivity contribution in [1.29, 1.82) is 0 Å². The first kappa shape index (κ1) is 12.2. The van der Waals surface area contributed by atoms with E-state index in [0.717, 1.165) is 28.1 Å². The number of nitrogens with zero attached hydrogens (tertiary/aromatic N) is 2. The van der Waals surface area contributed by atoms with Crippen LogP contribution in [0, 0.1) is 13.8 Å². The Kier molecular flexibility index (Phi) is 3.06. The molecule has 0 unspecified atom stereocenters. The van der Waals surface area contributed by atoms with Crippen molar-refractivity contribution in [2.45, 2.75) is 13.8 Å². The van der Waals surface area contributed by atoms with Crippen LogP contribution in [0.1, 0.15) is 11.1 Å². The normalized spacial score (nSPS) is 10.4. The number of ether oxygens (including phenoxy) is 1. The zero-order valence-corrected chi connectivity index (χ0v) is 10.7. The summed E-state index contributed by atoms with van der Waals surface area (Å²) in [6, 6.07) is 5.69. The summed E-state index contributed by atoms with van der Waals surface area (Å²) in [5.41, 5.74) is 15.1. The van der Waals surface area contributed by atoms with Gasteiger partial charge in [-0.25, -0.2) is 4.98 Å². The zero-order chi connectivity index (χ0) is 13.3. The van der Waals surface area contributed by atoms with Crippen LogP contribution in [0.15, 0.2) is 18.2 Å². The lowest BCUT2D eigenvalue weighted by Gasteiger charge is -2.11. The summed E-state index contributed by atoms with van der Waals surface area (Å²) in [7, 11) is 1.65. The molecule has 0 spiro atoms. The van der Waals surface area contributed by atoms with Crippen LogP contribution in [0.2, 0.25) is 0 Å². The molecular formula is C13H16N4O. The van der Waals surface area contributed by atoms with E-state index in [2.05, 4.69) is 9.97 Å². The van der Waals surface area contributed by atoms with E-state index in [0.29, 0.717) is 5.82 Å². The van der Waals surface area contributed by atoms with Crippen LogP contribution in [0.5, 0.6) is 5.75 Å². The molecule has 0 atom stereocenters. The standard InChI is InChI=1S/C13H16N4O/c1-7-5-11(18-3)8(2)4-9(7)10-6-12(14)17-13(15)16-10/h4-6H,1-3H3,(H4,14,15,16,17). The number of aromatic nitrogens is 2. The van der Waals surface area contributed by atoms with Gasteiger partial charge in [-0.2, -0.15) is 4.98 Å². The number of methoxy groups -OCH3 is 1. The monoisotopic (exact) mass is 244 g/mol. The number of nitrogens with two attached hydrogens (primary N) is 2. The Balaban J connectivity index is 2.60. The lowest BCUT2D eigenvalue weighted by Crippen LogP contribution is -2.01. The van der Waals surface area contributed by atoms with Gasteiger partial charge in [-0.1, -0.05) is 0 Å². The van der Waals surface area contributed by atoms with Crippen molar-refractivity contribution in [2.75, 3.05) is 18.6 Å². The van der Waals surface area contributed by atoms with Gasteiger partial charge in [0, 0.05) is 11.6 Å². The van der Waals surface area contributed by atoms with E-state index in [9.17, 15) is 0 Å². The highest BCUT2D eigenvalue weighted by atomic mass is 16.5. The van der Waals surface area contributed by atoms with E-state index >= 15 is 0 Å². The van der Waals surface area contributed by atoms with Crippen molar-refractivity contribution < 1.29 is 4.74 Å². The van der Waals surface area contributed by atoms with Gasteiger partial charge in [0.1, 0.15) is 11.6 Å². The van der Waals surface area contributed by atoms with Gasteiger partial charge in [-0.3, -0.25) is 0 Å². The first-order valence-electron chi connectivity index (χ1n) is 5.57. The second-order valence-electron chi connectivity index (χ2n) is 4.17. The highest BCUT2D eigenvalue weighted by Crippen LogP contribution is 2.29. The van der Waals surface area contributed by atoms with Crippen LogP contribution >= 0.6 is 0 Å². The Morgan fingerprint density at radius 2 is 1.72 bits per heavy atom. The molecule has 5 nitrogen and oxygen atoms in total. The largest absolute Gasteiger partial charge is 0.496 e. The molecule has 18 heavy (non-hydrogen) atoms. The lowest BCUT2D eigenvalue weighted by molar-refractivity contribution is 0.411. The molecule has 0 aliphatic carbocycles. The minimum absolute atomic E-state index is 0.179. The molecule has 1 aromatic heterocycles. The van der Waals surface area contributed by atoms with Gasteiger partial charge in [0.2, 0.25) is 5.95 Å². The second-order valence-corrected chi connectivity index (χ2v) is 4.17. The second kappa shape index (κ2) is 4.52. The maximum absolute atomic E-state index is 5.69. The van der Waals surface area contributed by atoms with Crippen molar-refractivity contribution in [3.63, 3.8) is 0 Å². The molecule has 1 heterocycles. The van der Waals surface area contributed by atoms with Crippen molar-refractivity contribution >= 4 is 11.8 Å². The van der Waals surface area contributed by atoms with E-state index in [-0.39, 0.29) is 5.95 Å². The summed E-state index contributed by atoms with van der Waals surface area (Å²) in [6.45, 7) is 3.97. The van der Waals surface area contributed by atoms with Crippen LogP contribution in [0.3, 0.4) is 0 Å². The van der Waals surface area contributed by atoms with Crippen LogP contribution < -0.4 is 16.2 Å². The third-order valence-corrected chi connectivity index (χ3v) is 2.78. The molecule has 2 rings (SSSR count). The molecule has 0 aliphatic heterocycles. The predicted molar refractivity (Wildman–Crippen MR) is 72.3 cm³/mol. The molecule has 1 aromatic carbocycles. The van der Waals surface area contributed by atoms with Crippen LogP contribution in [-0.4, -0.2) is 17.1 Å². The molecule has 0 amide bonds. The number of nitrogen functional groups attached to an aromatic ring is 2. The minimum atomic E-state index is 0.179. The van der Waals surface area contributed by atoms with Gasteiger partial charge in [0.15, 0.2) is 0 Å². The summed E-state index contributed by atoms with van der Waals surface area (Å²) >= 11 is 0. The van der Waals surface area contributed by atoms with E-state index < -0.39 is 0 Å². The van der Waals surface area contributed by atoms with Crippen molar-refractivity contribution in [2.24, 2.45) is 0 Å². The molecule has 0 saturated carbocycles. The third kappa shape index (κ3) is 2.20. The topological polar surface area (TPSA) is 87.0 Å². The molecule has 0 fully saturated rings. The molecular weight excluding hydrogens is 228 g/mol. The van der Waals surface area contributed by atoms with Gasteiger partial charge in [0.25, 0.3) is 0 Å². The number of hydrogen-bond donors (Lipinski definition) is 2. The molecule has 5 heteroatoms. The Hall–Kier alpha value is -2.30. The van der Waals surface area contributed by atoms with Crippen molar-refractivity contribution in [1.82, 2.24) is 9.97 Å². The molecule has 2 aromatic rings. The minimum Gasteiger partial charge on any atom is -0.496 e. The average molecular weight is 244 g/mol. The maximum atomic E-state index is 5.69. The summed E-state index contributed by atoms with van der Waals surface area (Å²) in [4.78, 5) is 8.07. The smallest absolute Gasteiger partial charge is 0.222 e. The van der Waals surface area contributed by atoms with E-state index in [4.69, 9.17) is 16.2 Å². The number of anilines is 2. The highest BCUT2D eigenvalue weighted by Gasteiger charge is 2.09. The Morgan fingerprint density at radius 3 is 2.33 bits per heavy atom. The summed E-state index contributed by atoms with van der Waals surface area (Å²) in [5.74, 6) is 1.40. The van der Waals surface area contributed by atoms with Crippen molar-refractivity contribution in [3.8, 4) is 17.0 Å². The molecule has 94 valence electrons. The summed E-state index contributed by atoms with van der Waals surface area (Å²) in [5, 5.41) is 0. The number of rotatable bonds is 2. The first-order valence-corrected chi connectivity index (χ1v) is 5.57. The Labute approximate surface area is 106 Å². The van der Waals surface area contributed by atoms with Gasteiger partial charge in [0.05, 0.1) is 12.8 Å². The molecule has 0 radical (unpaired) electrons. The van der Waals surface area contributed by atoms with Crippen LogP contribution in [0.25, 0.3) is 11.3 Å². The maximum Gasteiger partial charge on any atom is 0.222 e. The lowest BCUT2D eigenvalue weighted by atomic mass is 10.0. The molecule has 0 aliphatic rings. The van der Waals surface area contributed by atoms with E-state index in [1.807, 2.05) is 26.0 Å². The van der Waals surface area contributed by atoms with E-state index in [1.165, 1.54) is 0 Å². The fraction of sp³-hybridized carbons (Fsp3) is 0.231. The van der Waals surface area contributed by atoms with E-state index in [1.54, 1.807) is 13.2 Å². The summed E-state index contributed by atoms with van der Waals surface area (Å²) in [6.07, 6.45) is 0. The number of aryl methyl sites for hydroxylation is 2. The zero-order valence-electron chi connectivity index (χ0n) is 10.7. The predicted octanol–water partition coefficient (Wildman–Crippen LogP) is 1.93. The van der Waals surface area contributed by atoms with Crippen LogP contribution in [-0.2, 0) is 0 Å². The Bertz CT molecular complexity index is 576. The highest BCUT2D eigenvalue weighted by molar-refractivity contribution is 5.69. The quantitative estimate of drug-likeness (QED) is 0.842. The molecule has 0 saturated heterocycles. The van der Waals surface area contributed by atoms with Gasteiger partial charge in [-0.15, -0.1) is 0 Å². The van der Waals surface area contributed by atoms with Gasteiger partial charge < -0.3 is 16.2 Å². The third-order valence-electron chi connectivity index (χ3n) is 2.78.